The molecule has 7 nitrogen and oxygen atoms in total. The van der Waals surface area contributed by atoms with Crippen LogP contribution in [0.1, 0.15) is 43.0 Å². The van der Waals surface area contributed by atoms with Crippen LogP contribution in [0.15, 0.2) is 48.8 Å². The molecule has 204 valence electrons. The zero-order chi connectivity index (χ0) is 28.7. The Labute approximate surface area is 225 Å². The van der Waals surface area contributed by atoms with E-state index in [0.29, 0.717) is 23.7 Å². The average Bonchev–Trinajstić information content (AvgIpc) is 2.87. The van der Waals surface area contributed by atoms with Crippen LogP contribution in [-0.4, -0.2) is 46.6 Å². The van der Waals surface area contributed by atoms with E-state index in [1.165, 1.54) is 4.90 Å². The lowest BCUT2D eigenvalue weighted by molar-refractivity contribution is -0.202. The van der Waals surface area contributed by atoms with E-state index in [1.54, 1.807) is 25.5 Å². The van der Waals surface area contributed by atoms with Gasteiger partial charge in [0.1, 0.15) is 0 Å². The summed E-state index contributed by atoms with van der Waals surface area (Å²) in [5.74, 6) is -2.90. The predicted molar refractivity (Wildman–Crippen MR) is 139 cm³/mol. The Kier molecular flexibility index (Phi) is 9.54. The van der Waals surface area contributed by atoms with Crippen LogP contribution in [0, 0.1) is 17.2 Å². The normalized spacial score (nSPS) is 11.5. The second kappa shape index (κ2) is 12.6. The summed E-state index contributed by atoms with van der Waals surface area (Å²) in [7, 11) is 1.55. The molecule has 0 spiro atoms. The van der Waals surface area contributed by atoms with Gasteiger partial charge in [0.15, 0.2) is 5.82 Å². The lowest BCUT2D eigenvalue weighted by atomic mass is 9.94. The van der Waals surface area contributed by atoms with Gasteiger partial charge in [0.2, 0.25) is 0 Å². The third-order valence-electron chi connectivity index (χ3n) is 5.98. The maximum Gasteiger partial charge on any atom is 0.491 e. The standard InChI is InChI=1S/C29H29F3N4O3/c1-5-24-21(16-36(4)17-26(37)39-28(38)29(30,31)32)7-6-8-25(24)23-14-34-27(35-15-23)20-10-9-19(11-18(2)3)22(12-20)13-33/h6-10,12,14-15,18H,5,11,16-17H2,1-4H3. The molecule has 0 aliphatic rings. The highest BCUT2D eigenvalue weighted by molar-refractivity contribution is 5.89. The maximum atomic E-state index is 12.3. The Morgan fingerprint density at radius 3 is 2.36 bits per heavy atom. The van der Waals surface area contributed by atoms with E-state index in [0.717, 1.165) is 39.8 Å². The molecule has 0 saturated heterocycles. The molecule has 0 N–H and O–H groups in total. The number of esters is 2. The molecule has 0 aliphatic heterocycles. The minimum atomic E-state index is -5.23. The summed E-state index contributed by atoms with van der Waals surface area (Å²) in [4.78, 5) is 33.2. The first-order chi connectivity index (χ1) is 18.4. The van der Waals surface area contributed by atoms with Crippen molar-refractivity contribution in [1.82, 2.24) is 14.9 Å². The summed E-state index contributed by atoms with van der Waals surface area (Å²) in [6, 6.07) is 13.5. The minimum Gasteiger partial charge on any atom is -0.385 e. The molecule has 0 aliphatic carbocycles. The van der Waals surface area contributed by atoms with Crippen LogP contribution >= 0.6 is 0 Å². The van der Waals surface area contributed by atoms with Crippen LogP contribution in [0.2, 0.25) is 0 Å². The van der Waals surface area contributed by atoms with Gasteiger partial charge in [-0.3, -0.25) is 9.69 Å². The van der Waals surface area contributed by atoms with Gasteiger partial charge < -0.3 is 4.74 Å². The molecule has 0 bridgehead atoms. The van der Waals surface area contributed by atoms with Crippen LogP contribution in [0.5, 0.6) is 0 Å². The van der Waals surface area contributed by atoms with Crippen LogP contribution in [0.25, 0.3) is 22.5 Å². The van der Waals surface area contributed by atoms with Crippen LogP contribution in [-0.2, 0) is 33.7 Å². The first-order valence-corrected chi connectivity index (χ1v) is 12.4. The van der Waals surface area contributed by atoms with Gasteiger partial charge in [0.05, 0.1) is 18.2 Å². The van der Waals surface area contributed by atoms with E-state index < -0.39 is 24.7 Å². The third-order valence-corrected chi connectivity index (χ3v) is 5.98. The number of likely N-dealkylation sites (N-methyl/N-ethyl adjacent to an activating group) is 1. The summed E-state index contributed by atoms with van der Waals surface area (Å²) in [5.41, 5.74) is 5.81. The van der Waals surface area contributed by atoms with E-state index in [1.807, 2.05) is 37.3 Å². The lowest BCUT2D eigenvalue weighted by Gasteiger charge is -2.19. The molecule has 10 heteroatoms. The summed E-state index contributed by atoms with van der Waals surface area (Å²) >= 11 is 0. The molecule has 2 aromatic carbocycles. The molecule has 0 amide bonds. The monoisotopic (exact) mass is 538 g/mol. The zero-order valence-electron chi connectivity index (χ0n) is 22.2. The topological polar surface area (TPSA) is 96.2 Å². The van der Waals surface area contributed by atoms with Crippen molar-refractivity contribution in [1.29, 1.82) is 5.26 Å². The minimum absolute atomic E-state index is 0.241. The smallest absolute Gasteiger partial charge is 0.385 e. The molecule has 0 saturated carbocycles. The summed E-state index contributed by atoms with van der Waals surface area (Å²) in [6.45, 7) is 5.92. The van der Waals surface area contributed by atoms with Crippen molar-refractivity contribution in [2.24, 2.45) is 5.92 Å². The average molecular weight is 539 g/mol. The summed E-state index contributed by atoms with van der Waals surface area (Å²) in [6.07, 6.45) is -0.371. The van der Waals surface area contributed by atoms with Crippen molar-refractivity contribution in [2.75, 3.05) is 13.6 Å². The number of nitrogens with zero attached hydrogens (tertiary/aromatic N) is 4. The SMILES string of the molecule is CCc1c(CN(C)CC(=O)OC(=O)C(F)(F)F)cccc1-c1cnc(-c2ccc(CC(C)C)c(C#N)c2)nc1. The fourth-order valence-corrected chi connectivity index (χ4v) is 4.29. The molecule has 0 atom stereocenters. The molecular formula is C29H29F3N4O3. The number of rotatable bonds is 9. The van der Waals surface area contributed by atoms with Crippen LogP contribution in [0.4, 0.5) is 13.2 Å². The highest BCUT2D eigenvalue weighted by Crippen LogP contribution is 2.28. The number of aromatic nitrogens is 2. The largest absolute Gasteiger partial charge is 0.491 e. The number of ether oxygens (including phenoxy) is 1. The van der Waals surface area contributed by atoms with Gasteiger partial charge in [-0.1, -0.05) is 51.1 Å². The highest BCUT2D eigenvalue weighted by atomic mass is 19.4. The van der Waals surface area contributed by atoms with E-state index in [4.69, 9.17) is 0 Å². The molecule has 0 radical (unpaired) electrons. The van der Waals surface area contributed by atoms with Gasteiger partial charge in [-0.05, 0) is 54.1 Å². The van der Waals surface area contributed by atoms with Crippen LogP contribution in [0.3, 0.4) is 0 Å². The van der Waals surface area contributed by atoms with Gasteiger partial charge in [0.25, 0.3) is 0 Å². The number of halogens is 3. The number of alkyl halides is 3. The number of benzene rings is 2. The molecule has 39 heavy (non-hydrogen) atoms. The van der Waals surface area contributed by atoms with E-state index in [2.05, 4.69) is 34.6 Å². The van der Waals surface area contributed by atoms with Gasteiger partial charge >= 0.3 is 18.1 Å². The number of nitriles is 1. The van der Waals surface area contributed by atoms with E-state index >= 15 is 0 Å². The summed E-state index contributed by atoms with van der Waals surface area (Å²) in [5, 5.41) is 9.58. The Hall–Kier alpha value is -4.10. The van der Waals surface area contributed by atoms with E-state index in [-0.39, 0.29) is 6.54 Å². The van der Waals surface area contributed by atoms with E-state index in [9.17, 15) is 28.0 Å². The van der Waals surface area contributed by atoms with Gasteiger partial charge in [-0.25, -0.2) is 14.8 Å². The quantitative estimate of drug-likeness (QED) is 0.262. The molecule has 3 aromatic rings. The van der Waals surface area contributed by atoms with Crippen molar-refractivity contribution < 1.29 is 27.5 Å². The van der Waals surface area contributed by atoms with Crippen molar-refractivity contribution in [2.45, 2.75) is 46.3 Å². The number of carbonyl (C=O) groups is 2. The molecule has 0 unspecified atom stereocenters. The highest BCUT2D eigenvalue weighted by Gasteiger charge is 2.42. The number of carbonyl (C=O) groups excluding carboxylic acids is 2. The molecule has 1 heterocycles. The number of hydrogen-bond acceptors (Lipinski definition) is 7. The summed E-state index contributed by atoms with van der Waals surface area (Å²) < 4.78 is 40.9. The Morgan fingerprint density at radius 1 is 1.08 bits per heavy atom. The molecule has 3 rings (SSSR count). The fraction of sp³-hybridized carbons (Fsp3) is 0.345. The Bertz CT molecular complexity index is 1380. The van der Waals surface area contributed by atoms with Crippen molar-refractivity contribution in [3.8, 4) is 28.6 Å². The first kappa shape index (κ1) is 29.5. The number of hydrogen-bond donors (Lipinski definition) is 0. The van der Waals surface area contributed by atoms with Gasteiger partial charge in [0, 0.05) is 30.1 Å². The molecule has 0 fully saturated rings. The van der Waals surface area contributed by atoms with Gasteiger partial charge in [-0.2, -0.15) is 18.4 Å². The van der Waals surface area contributed by atoms with Gasteiger partial charge in [-0.15, -0.1) is 0 Å². The Balaban J connectivity index is 1.79. The lowest BCUT2D eigenvalue weighted by Crippen LogP contribution is -2.33. The second-order valence-electron chi connectivity index (χ2n) is 9.61. The molecule has 1 aromatic heterocycles. The van der Waals surface area contributed by atoms with Crippen molar-refractivity contribution in [3.63, 3.8) is 0 Å². The second-order valence-corrected chi connectivity index (χ2v) is 9.61. The fourth-order valence-electron chi connectivity index (χ4n) is 4.29. The maximum absolute atomic E-state index is 12.3. The van der Waals surface area contributed by atoms with Crippen molar-refractivity contribution in [3.05, 3.63) is 71.0 Å². The van der Waals surface area contributed by atoms with Crippen molar-refractivity contribution >= 4 is 11.9 Å². The third kappa shape index (κ3) is 7.71. The van der Waals surface area contributed by atoms with Crippen LogP contribution < -0.4 is 0 Å². The molecular weight excluding hydrogens is 509 g/mol. The first-order valence-electron chi connectivity index (χ1n) is 12.4. The predicted octanol–water partition coefficient (Wildman–Crippen LogP) is 5.51. The Morgan fingerprint density at radius 2 is 1.77 bits per heavy atom. The zero-order valence-corrected chi connectivity index (χ0v) is 22.2.